The topological polar surface area (TPSA) is 101 Å². The number of alkyl halides is 3. The van der Waals surface area contributed by atoms with Crippen LogP contribution in [-0.4, -0.2) is 42.1 Å². The van der Waals surface area contributed by atoms with Crippen molar-refractivity contribution < 1.29 is 18.0 Å². The van der Waals surface area contributed by atoms with Crippen LogP contribution in [0.15, 0.2) is 43.0 Å². The van der Waals surface area contributed by atoms with Crippen LogP contribution < -0.4 is 0 Å². The monoisotopic (exact) mass is 483 g/mol. The minimum atomic E-state index is -4.67. The SMILES string of the molecule is CC(c1ncnn1-c1ncccn1)N(CC1CC1)C(=O)c1cc(C(F)(F)F)cc(C(C)(C)C#N)c1. The van der Waals surface area contributed by atoms with Crippen LogP contribution in [0.3, 0.4) is 0 Å². The lowest BCUT2D eigenvalue weighted by Crippen LogP contribution is -2.37. The maximum absolute atomic E-state index is 13.7. The van der Waals surface area contributed by atoms with Crippen LogP contribution in [0.25, 0.3) is 5.95 Å². The number of rotatable bonds is 7. The molecule has 4 rings (SSSR count). The number of benzene rings is 1. The fourth-order valence-corrected chi connectivity index (χ4v) is 3.73. The second-order valence-corrected chi connectivity index (χ2v) is 9.19. The molecular weight excluding hydrogens is 459 g/mol. The van der Waals surface area contributed by atoms with Gasteiger partial charge >= 0.3 is 6.18 Å². The summed E-state index contributed by atoms with van der Waals surface area (Å²) in [6.07, 6.45) is 1.61. The van der Waals surface area contributed by atoms with E-state index in [1.54, 1.807) is 25.4 Å². The lowest BCUT2D eigenvalue weighted by Gasteiger charge is -2.30. The number of halogens is 3. The standard InChI is InChI=1S/C24H24F3N7O/c1-15(20-31-14-32-34(20)22-29-7-4-8-30-22)33(12-16-5-6-16)21(35)17-9-18(23(2,3)13-28)11-19(10-17)24(25,26)27/h4,7-11,14-16H,5-6,12H2,1-3H3. The molecule has 182 valence electrons. The van der Waals surface area contributed by atoms with Crippen LogP contribution >= 0.6 is 0 Å². The molecule has 1 aromatic carbocycles. The van der Waals surface area contributed by atoms with E-state index in [9.17, 15) is 23.2 Å². The lowest BCUT2D eigenvalue weighted by atomic mass is 9.84. The highest BCUT2D eigenvalue weighted by Crippen LogP contribution is 2.36. The Morgan fingerprint density at radius 2 is 1.83 bits per heavy atom. The van der Waals surface area contributed by atoms with Gasteiger partial charge in [-0.15, -0.1) is 0 Å². The normalized spacial score (nSPS) is 14.9. The van der Waals surface area contributed by atoms with Crippen LogP contribution in [-0.2, 0) is 11.6 Å². The van der Waals surface area contributed by atoms with Gasteiger partial charge in [-0.25, -0.2) is 15.0 Å². The number of aromatic nitrogens is 5. The Kier molecular flexibility index (Phi) is 6.32. The van der Waals surface area contributed by atoms with Crippen molar-refractivity contribution in [2.45, 2.75) is 51.2 Å². The molecule has 35 heavy (non-hydrogen) atoms. The summed E-state index contributed by atoms with van der Waals surface area (Å²) in [6, 6.07) is 6.19. The Balaban J connectivity index is 1.76. The predicted octanol–water partition coefficient (Wildman–Crippen LogP) is 4.49. The zero-order chi connectivity index (χ0) is 25.4. The summed E-state index contributed by atoms with van der Waals surface area (Å²) in [5.41, 5.74) is -2.19. The fraction of sp³-hybridized carbons (Fsp3) is 0.417. The molecule has 1 fully saturated rings. The molecule has 0 N–H and O–H groups in total. The number of carbonyl (C=O) groups excluding carboxylic acids is 1. The maximum Gasteiger partial charge on any atom is 0.416 e. The summed E-state index contributed by atoms with van der Waals surface area (Å²) < 4.78 is 42.5. The lowest BCUT2D eigenvalue weighted by molar-refractivity contribution is -0.137. The molecule has 1 unspecified atom stereocenters. The molecule has 0 bridgehead atoms. The molecule has 2 heterocycles. The molecule has 1 aliphatic rings. The molecule has 0 saturated heterocycles. The number of nitrogens with zero attached hydrogens (tertiary/aromatic N) is 7. The van der Waals surface area contributed by atoms with E-state index >= 15 is 0 Å². The first-order valence-electron chi connectivity index (χ1n) is 11.1. The van der Waals surface area contributed by atoms with E-state index in [4.69, 9.17) is 0 Å². The molecule has 0 radical (unpaired) electrons. The van der Waals surface area contributed by atoms with E-state index in [1.807, 2.05) is 6.07 Å². The van der Waals surface area contributed by atoms with E-state index in [0.29, 0.717) is 12.4 Å². The van der Waals surface area contributed by atoms with Crippen molar-refractivity contribution in [3.8, 4) is 12.0 Å². The summed E-state index contributed by atoms with van der Waals surface area (Å²) in [4.78, 5) is 27.9. The Bertz CT molecular complexity index is 1260. The molecule has 1 amide bonds. The van der Waals surface area contributed by atoms with Gasteiger partial charge in [-0.2, -0.15) is 28.2 Å². The Labute approximate surface area is 200 Å². The van der Waals surface area contributed by atoms with E-state index in [2.05, 4.69) is 20.1 Å². The van der Waals surface area contributed by atoms with E-state index in [1.165, 1.54) is 35.8 Å². The van der Waals surface area contributed by atoms with Crippen molar-refractivity contribution in [2.75, 3.05) is 6.54 Å². The summed E-state index contributed by atoms with van der Waals surface area (Å²) in [5, 5.41) is 13.7. The Morgan fingerprint density at radius 3 is 2.43 bits per heavy atom. The molecule has 2 aromatic heterocycles. The third-order valence-electron chi connectivity index (χ3n) is 6.08. The summed E-state index contributed by atoms with van der Waals surface area (Å²) in [7, 11) is 0. The van der Waals surface area contributed by atoms with Gasteiger partial charge in [-0.3, -0.25) is 4.79 Å². The van der Waals surface area contributed by atoms with Gasteiger partial charge in [0.15, 0.2) is 5.82 Å². The van der Waals surface area contributed by atoms with Gasteiger partial charge < -0.3 is 4.90 Å². The van der Waals surface area contributed by atoms with Gasteiger partial charge in [0.25, 0.3) is 11.9 Å². The number of hydrogen-bond donors (Lipinski definition) is 0. The predicted molar refractivity (Wildman–Crippen MR) is 119 cm³/mol. The molecule has 0 spiro atoms. The summed E-state index contributed by atoms with van der Waals surface area (Å²) >= 11 is 0. The van der Waals surface area contributed by atoms with Crippen LogP contribution in [0.1, 0.15) is 67.0 Å². The van der Waals surface area contributed by atoms with Gasteiger partial charge in [0.2, 0.25) is 0 Å². The van der Waals surface area contributed by atoms with Crippen molar-refractivity contribution >= 4 is 5.91 Å². The van der Waals surface area contributed by atoms with Crippen molar-refractivity contribution in [1.82, 2.24) is 29.6 Å². The van der Waals surface area contributed by atoms with Crippen molar-refractivity contribution in [3.63, 3.8) is 0 Å². The molecule has 11 heteroatoms. The average Bonchev–Trinajstić information content (AvgIpc) is 3.53. The first kappa shape index (κ1) is 24.3. The molecule has 0 aliphatic heterocycles. The summed E-state index contributed by atoms with van der Waals surface area (Å²) in [5.74, 6) is 0.332. The van der Waals surface area contributed by atoms with Crippen molar-refractivity contribution in [3.05, 3.63) is 65.5 Å². The fourth-order valence-electron chi connectivity index (χ4n) is 3.73. The number of nitriles is 1. The van der Waals surface area contributed by atoms with Crippen molar-refractivity contribution in [2.24, 2.45) is 5.92 Å². The molecule has 1 saturated carbocycles. The third kappa shape index (κ3) is 5.16. The first-order valence-corrected chi connectivity index (χ1v) is 11.1. The molecular formula is C24H24F3N7O. The minimum absolute atomic E-state index is 0.123. The van der Waals surface area contributed by atoms with Crippen LogP contribution in [0.4, 0.5) is 13.2 Å². The first-order chi connectivity index (χ1) is 16.5. The highest BCUT2D eigenvalue weighted by molar-refractivity contribution is 5.95. The smallest absolute Gasteiger partial charge is 0.328 e. The van der Waals surface area contributed by atoms with Gasteiger partial charge in [0, 0.05) is 24.5 Å². The van der Waals surface area contributed by atoms with Crippen LogP contribution in [0, 0.1) is 17.2 Å². The second kappa shape index (κ2) is 9.09. The quantitative estimate of drug-likeness (QED) is 0.491. The van der Waals surface area contributed by atoms with Crippen LogP contribution in [0.2, 0.25) is 0 Å². The zero-order valence-electron chi connectivity index (χ0n) is 19.5. The van der Waals surface area contributed by atoms with Crippen LogP contribution in [0.5, 0.6) is 0 Å². The summed E-state index contributed by atoms with van der Waals surface area (Å²) in [6.45, 7) is 5.14. The zero-order valence-corrected chi connectivity index (χ0v) is 19.5. The maximum atomic E-state index is 13.7. The van der Waals surface area contributed by atoms with Gasteiger partial charge in [0.05, 0.1) is 23.1 Å². The Morgan fingerprint density at radius 1 is 1.17 bits per heavy atom. The van der Waals surface area contributed by atoms with Crippen molar-refractivity contribution in [1.29, 1.82) is 5.26 Å². The Hall–Kier alpha value is -3.81. The van der Waals surface area contributed by atoms with Gasteiger partial charge in [-0.1, -0.05) is 0 Å². The average molecular weight is 483 g/mol. The highest BCUT2D eigenvalue weighted by Gasteiger charge is 2.37. The minimum Gasteiger partial charge on any atom is -0.328 e. The molecule has 8 nitrogen and oxygen atoms in total. The number of hydrogen-bond acceptors (Lipinski definition) is 6. The molecule has 3 aromatic rings. The van der Waals surface area contributed by atoms with E-state index in [0.717, 1.165) is 25.0 Å². The van der Waals surface area contributed by atoms with Gasteiger partial charge in [0.1, 0.15) is 6.33 Å². The largest absolute Gasteiger partial charge is 0.416 e. The van der Waals surface area contributed by atoms with E-state index in [-0.39, 0.29) is 23.0 Å². The number of amides is 1. The van der Waals surface area contributed by atoms with Gasteiger partial charge in [-0.05, 0) is 69.4 Å². The second-order valence-electron chi connectivity index (χ2n) is 9.19. The third-order valence-corrected chi connectivity index (χ3v) is 6.08. The highest BCUT2D eigenvalue weighted by atomic mass is 19.4. The van der Waals surface area contributed by atoms with E-state index < -0.39 is 29.1 Å². The molecule has 1 aliphatic carbocycles. The number of carbonyl (C=O) groups is 1. The molecule has 1 atom stereocenters.